The number of aryl methyl sites for hydroxylation is 1. The van der Waals surface area contributed by atoms with Crippen LogP contribution in [0.1, 0.15) is 34.9 Å². The number of allylic oxidation sites excluding steroid dienone is 1. The van der Waals surface area contributed by atoms with E-state index in [0.717, 1.165) is 22.8 Å². The molecule has 1 unspecified atom stereocenters. The van der Waals surface area contributed by atoms with Crippen LogP contribution in [-0.4, -0.2) is 23.4 Å². The van der Waals surface area contributed by atoms with Crippen molar-refractivity contribution < 1.29 is 27.1 Å². The summed E-state index contributed by atoms with van der Waals surface area (Å²) in [6, 6.07) is 25.2. The number of aromatic nitrogens is 1. The Hall–Kier alpha value is -4.17. The molecule has 4 rings (SSSR count). The molecule has 220 valence electrons. The summed E-state index contributed by atoms with van der Waals surface area (Å²) < 4.78 is 57.7. The van der Waals surface area contributed by atoms with Gasteiger partial charge < -0.3 is 10.1 Å². The van der Waals surface area contributed by atoms with Crippen molar-refractivity contribution in [1.29, 1.82) is 0 Å². The number of pyridine rings is 1. The molecule has 4 nitrogen and oxygen atoms in total. The van der Waals surface area contributed by atoms with Gasteiger partial charge in [-0.1, -0.05) is 90.0 Å². The fourth-order valence-corrected chi connectivity index (χ4v) is 4.36. The largest absolute Gasteiger partial charge is 0.461 e. The maximum atomic E-state index is 13.8. The lowest BCUT2D eigenvalue weighted by Gasteiger charge is -2.36. The van der Waals surface area contributed by atoms with Gasteiger partial charge in [0.15, 0.2) is 0 Å². The summed E-state index contributed by atoms with van der Waals surface area (Å²) in [4.78, 5) is 18.0. The molecular weight excluding hydrogens is 568 g/mol. The maximum Gasteiger partial charge on any atom is 0.461 e. The maximum absolute atomic E-state index is 13.8. The van der Waals surface area contributed by atoms with Crippen LogP contribution in [0.15, 0.2) is 110 Å². The first kappa shape index (κ1) is 32.3. The molecule has 1 N–H and O–H groups in total. The number of carbonyl (C=O) groups excluding carboxylic acids is 1. The molecule has 0 fully saturated rings. The lowest BCUT2D eigenvalue weighted by molar-refractivity contribution is -0.253. The Morgan fingerprint density at radius 2 is 1.67 bits per heavy atom. The molecule has 0 aliphatic heterocycles. The Bertz CT molecular complexity index is 1450. The second-order valence-corrected chi connectivity index (χ2v) is 9.98. The molecule has 9 heteroatoms. The first-order valence-corrected chi connectivity index (χ1v) is 13.4. The van der Waals surface area contributed by atoms with Crippen LogP contribution in [0, 0.1) is 6.92 Å². The highest BCUT2D eigenvalue weighted by atomic mass is 35.5. The monoisotopic (exact) mass is 598 g/mol. The van der Waals surface area contributed by atoms with E-state index < -0.39 is 23.8 Å². The predicted molar refractivity (Wildman–Crippen MR) is 157 cm³/mol. The zero-order chi connectivity index (χ0) is 30.8. The third kappa shape index (κ3) is 8.66. The highest BCUT2D eigenvalue weighted by Crippen LogP contribution is 2.36. The smallest absolute Gasteiger partial charge is 0.428 e. The van der Waals surface area contributed by atoms with Crippen molar-refractivity contribution in [3.05, 3.63) is 143 Å². The SMILES string of the molecule is C=CC.Cc1ccc(CC(=O)NC(Cc2ccccc2)(c2cccc(OC(F)(F)C(F)F)c2)c2ccc(Cl)cn2)cc1. The van der Waals surface area contributed by atoms with Crippen molar-refractivity contribution in [3.8, 4) is 5.75 Å². The summed E-state index contributed by atoms with van der Waals surface area (Å²) in [6.07, 6.45) is -5.37. The van der Waals surface area contributed by atoms with Crippen LogP contribution in [0.2, 0.25) is 5.02 Å². The van der Waals surface area contributed by atoms with Gasteiger partial charge in [0, 0.05) is 12.6 Å². The number of nitrogens with one attached hydrogen (secondary N) is 1. The summed E-state index contributed by atoms with van der Waals surface area (Å²) in [7, 11) is 0. The zero-order valence-corrected chi connectivity index (χ0v) is 23.9. The van der Waals surface area contributed by atoms with Gasteiger partial charge in [-0.15, -0.1) is 6.58 Å². The van der Waals surface area contributed by atoms with Crippen molar-refractivity contribution in [1.82, 2.24) is 10.3 Å². The number of amides is 1. The zero-order valence-electron chi connectivity index (χ0n) is 23.2. The van der Waals surface area contributed by atoms with E-state index in [1.165, 1.54) is 18.3 Å². The molecule has 0 radical (unpaired) electrons. The first-order valence-electron chi connectivity index (χ1n) is 13.0. The normalized spacial score (nSPS) is 12.5. The summed E-state index contributed by atoms with van der Waals surface area (Å²) in [5.74, 6) is -0.854. The minimum atomic E-state index is -4.70. The van der Waals surface area contributed by atoms with Crippen molar-refractivity contribution in [2.45, 2.75) is 44.8 Å². The second kappa shape index (κ2) is 14.6. The van der Waals surface area contributed by atoms with E-state index in [0.29, 0.717) is 16.3 Å². The Morgan fingerprint density at radius 1 is 1.00 bits per heavy atom. The number of carbonyl (C=O) groups is 1. The molecule has 0 bridgehead atoms. The summed E-state index contributed by atoms with van der Waals surface area (Å²) in [6.45, 7) is 7.19. The molecule has 1 amide bonds. The van der Waals surface area contributed by atoms with Crippen LogP contribution in [0.25, 0.3) is 0 Å². The number of hydrogen-bond donors (Lipinski definition) is 1. The fraction of sp³-hybridized carbons (Fsp3) is 0.212. The molecule has 0 saturated carbocycles. The number of alkyl halides is 4. The summed E-state index contributed by atoms with van der Waals surface area (Å²) in [5.41, 5.74) is 1.89. The van der Waals surface area contributed by atoms with Crippen molar-refractivity contribution in [3.63, 3.8) is 0 Å². The number of rotatable bonds is 10. The van der Waals surface area contributed by atoms with Crippen LogP contribution in [0.5, 0.6) is 5.75 Å². The molecule has 4 aromatic rings. The van der Waals surface area contributed by atoms with Crippen LogP contribution in [0.4, 0.5) is 17.6 Å². The lowest BCUT2D eigenvalue weighted by atomic mass is 9.80. The van der Waals surface area contributed by atoms with Gasteiger partial charge in [-0.25, -0.2) is 0 Å². The van der Waals surface area contributed by atoms with Gasteiger partial charge in [0.05, 0.1) is 17.1 Å². The summed E-state index contributed by atoms with van der Waals surface area (Å²) >= 11 is 6.10. The van der Waals surface area contributed by atoms with Crippen LogP contribution >= 0.6 is 11.6 Å². The number of ether oxygens (including phenoxy) is 1. The second-order valence-electron chi connectivity index (χ2n) is 9.54. The fourth-order valence-electron chi connectivity index (χ4n) is 4.25. The third-order valence-electron chi connectivity index (χ3n) is 6.15. The quantitative estimate of drug-likeness (QED) is 0.147. The highest BCUT2D eigenvalue weighted by Gasteiger charge is 2.44. The lowest BCUT2D eigenvalue weighted by Crippen LogP contribution is -2.49. The van der Waals surface area contributed by atoms with E-state index in [-0.39, 0.29) is 18.7 Å². The van der Waals surface area contributed by atoms with Gasteiger partial charge in [-0.3, -0.25) is 9.78 Å². The van der Waals surface area contributed by atoms with Gasteiger partial charge in [0.25, 0.3) is 0 Å². The van der Waals surface area contributed by atoms with Gasteiger partial charge in [0.1, 0.15) is 11.3 Å². The van der Waals surface area contributed by atoms with Crippen LogP contribution in [0.3, 0.4) is 0 Å². The topological polar surface area (TPSA) is 51.2 Å². The average Bonchev–Trinajstić information content (AvgIpc) is 2.95. The van der Waals surface area contributed by atoms with Crippen molar-refractivity contribution in [2.75, 3.05) is 0 Å². The van der Waals surface area contributed by atoms with Crippen molar-refractivity contribution in [2.24, 2.45) is 0 Å². The van der Waals surface area contributed by atoms with Gasteiger partial charge in [0.2, 0.25) is 5.91 Å². The van der Waals surface area contributed by atoms with E-state index in [2.05, 4.69) is 21.6 Å². The van der Waals surface area contributed by atoms with E-state index in [1.54, 1.807) is 24.3 Å². The predicted octanol–water partition coefficient (Wildman–Crippen LogP) is 8.32. The highest BCUT2D eigenvalue weighted by molar-refractivity contribution is 6.30. The molecule has 42 heavy (non-hydrogen) atoms. The van der Waals surface area contributed by atoms with Gasteiger partial charge in [-0.2, -0.15) is 17.6 Å². The third-order valence-corrected chi connectivity index (χ3v) is 6.37. The molecular formula is C33H31ClF4N2O2. The number of halogens is 5. The number of benzene rings is 3. The molecule has 1 aromatic heterocycles. The van der Waals surface area contributed by atoms with E-state index >= 15 is 0 Å². The van der Waals surface area contributed by atoms with E-state index in [4.69, 9.17) is 11.6 Å². The number of nitrogens with zero attached hydrogens (tertiary/aromatic N) is 1. The average molecular weight is 599 g/mol. The molecule has 0 aliphatic rings. The van der Waals surface area contributed by atoms with E-state index in [9.17, 15) is 22.4 Å². The molecule has 0 aliphatic carbocycles. The Kier molecular flexibility index (Phi) is 11.3. The molecule has 1 heterocycles. The van der Waals surface area contributed by atoms with E-state index in [1.807, 2.05) is 68.4 Å². The minimum Gasteiger partial charge on any atom is -0.428 e. The molecule has 3 aromatic carbocycles. The van der Waals surface area contributed by atoms with Crippen molar-refractivity contribution >= 4 is 17.5 Å². The Morgan fingerprint density at radius 3 is 2.26 bits per heavy atom. The Labute approximate surface area is 248 Å². The number of hydrogen-bond acceptors (Lipinski definition) is 3. The van der Waals surface area contributed by atoms with Crippen LogP contribution < -0.4 is 10.1 Å². The standard InChI is InChI=1S/C30H25ClF4N2O2.C3H6/c1-20-10-12-21(13-11-20)16-27(38)37-29(18-22-6-3-2-4-7-22,26-15-14-24(31)19-36-26)23-8-5-9-25(17-23)39-30(34,35)28(32)33;1-3-2/h2-15,17,19,28H,16,18H2,1H3,(H,37,38);3H,1H2,2H3. The minimum absolute atomic E-state index is 0.0318. The molecule has 0 saturated heterocycles. The van der Waals surface area contributed by atoms with Crippen LogP contribution in [-0.2, 0) is 23.2 Å². The summed E-state index contributed by atoms with van der Waals surface area (Å²) in [5, 5.41) is 3.42. The van der Waals surface area contributed by atoms with Gasteiger partial charge >= 0.3 is 12.5 Å². The molecule has 1 atom stereocenters. The molecule has 0 spiro atoms. The van der Waals surface area contributed by atoms with Gasteiger partial charge in [-0.05, 0) is 54.8 Å². The first-order chi connectivity index (χ1) is 20.0. The Balaban J connectivity index is 0.00000155.